The number of nitrogens with two attached hydrogens (primary N) is 1. The van der Waals surface area contributed by atoms with Crippen LogP contribution in [0.4, 0.5) is 5.69 Å². The van der Waals surface area contributed by atoms with Gasteiger partial charge in [-0.2, -0.15) is 0 Å². The number of nitrogens with zero attached hydrogens (tertiary/aromatic N) is 2. The van der Waals surface area contributed by atoms with Crippen LogP contribution < -0.4 is 11.3 Å². The van der Waals surface area contributed by atoms with Gasteiger partial charge >= 0.3 is 0 Å². The van der Waals surface area contributed by atoms with Crippen molar-refractivity contribution in [2.24, 2.45) is 0 Å². The maximum atomic E-state index is 11.6. The number of hydrogen-bond acceptors (Lipinski definition) is 4. The Labute approximate surface area is 107 Å². The number of β-amino-alcohol motifs (C(OH)–C–C–N with tert-alkyl or cyclic N) is 1. The van der Waals surface area contributed by atoms with Crippen molar-refractivity contribution in [3.05, 3.63) is 28.7 Å². The van der Waals surface area contributed by atoms with Crippen LogP contribution in [0.3, 0.4) is 0 Å². The average Bonchev–Trinajstić information content (AvgIpc) is 2.29. The Bertz CT molecular complexity index is 468. The second kappa shape index (κ2) is 5.12. The Hall–Kier alpha value is -1.33. The highest BCUT2D eigenvalue weighted by Crippen LogP contribution is 2.19. The highest BCUT2D eigenvalue weighted by atomic mass is 16.3. The lowest BCUT2D eigenvalue weighted by molar-refractivity contribution is -0.0163. The van der Waals surface area contributed by atoms with Crippen LogP contribution in [-0.2, 0) is 6.54 Å². The Kier molecular flexibility index (Phi) is 3.73. The molecule has 2 rings (SSSR count). The van der Waals surface area contributed by atoms with Gasteiger partial charge in [-0.15, -0.1) is 0 Å². The molecule has 1 atom stereocenters. The van der Waals surface area contributed by atoms with Gasteiger partial charge < -0.3 is 15.4 Å². The van der Waals surface area contributed by atoms with E-state index in [9.17, 15) is 9.90 Å². The van der Waals surface area contributed by atoms with Gasteiger partial charge in [-0.05, 0) is 32.4 Å². The standard InChI is InChI=1S/C13H21N3O2/c1-13(18)5-2-6-15(10-13)7-8-16-9-11(14)3-4-12(16)17/h3-4,9,18H,2,5-8,10,14H2,1H3. The third-order valence-electron chi connectivity index (χ3n) is 3.42. The molecule has 18 heavy (non-hydrogen) atoms. The number of anilines is 1. The summed E-state index contributed by atoms with van der Waals surface area (Å²) in [7, 11) is 0. The lowest BCUT2D eigenvalue weighted by Crippen LogP contribution is -2.47. The van der Waals surface area contributed by atoms with Crippen LogP contribution >= 0.6 is 0 Å². The first-order valence-electron chi connectivity index (χ1n) is 6.37. The molecule has 3 N–H and O–H groups in total. The van der Waals surface area contributed by atoms with Gasteiger partial charge in [-0.25, -0.2) is 0 Å². The van der Waals surface area contributed by atoms with E-state index in [0.717, 1.165) is 25.9 Å². The van der Waals surface area contributed by atoms with Crippen molar-refractivity contribution in [3.63, 3.8) is 0 Å². The van der Waals surface area contributed by atoms with Crippen molar-refractivity contribution < 1.29 is 5.11 Å². The second-order valence-electron chi connectivity index (χ2n) is 5.37. The lowest BCUT2D eigenvalue weighted by Gasteiger charge is -2.36. The number of aromatic nitrogens is 1. The van der Waals surface area contributed by atoms with E-state index in [-0.39, 0.29) is 5.56 Å². The Morgan fingerprint density at radius 3 is 2.94 bits per heavy atom. The summed E-state index contributed by atoms with van der Waals surface area (Å²) in [6.07, 6.45) is 3.52. The molecule has 0 spiro atoms. The van der Waals surface area contributed by atoms with Crippen LogP contribution in [0.25, 0.3) is 0 Å². The van der Waals surface area contributed by atoms with Crippen LogP contribution in [-0.4, -0.2) is 39.8 Å². The molecule has 5 heteroatoms. The number of rotatable bonds is 3. The molecule has 100 valence electrons. The normalized spacial score (nSPS) is 25.2. The highest BCUT2D eigenvalue weighted by Gasteiger charge is 2.27. The predicted molar refractivity (Wildman–Crippen MR) is 71.4 cm³/mol. The molecule has 1 aromatic rings. The summed E-state index contributed by atoms with van der Waals surface area (Å²) >= 11 is 0. The highest BCUT2D eigenvalue weighted by molar-refractivity contribution is 5.33. The summed E-state index contributed by atoms with van der Waals surface area (Å²) in [5, 5.41) is 10.0. The van der Waals surface area contributed by atoms with E-state index in [2.05, 4.69) is 4.90 Å². The summed E-state index contributed by atoms with van der Waals surface area (Å²) in [4.78, 5) is 13.8. The molecule has 5 nitrogen and oxygen atoms in total. The quantitative estimate of drug-likeness (QED) is 0.809. The van der Waals surface area contributed by atoms with Gasteiger partial charge in [0.2, 0.25) is 0 Å². The predicted octanol–water partition coefficient (Wildman–Crippen LogP) is 0.277. The third kappa shape index (κ3) is 3.34. The van der Waals surface area contributed by atoms with E-state index in [1.165, 1.54) is 6.07 Å². The molecule has 0 saturated carbocycles. The zero-order valence-electron chi connectivity index (χ0n) is 10.8. The number of likely N-dealkylation sites (tertiary alicyclic amines) is 1. The Morgan fingerprint density at radius 1 is 1.44 bits per heavy atom. The second-order valence-corrected chi connectivity index (χ2v) is 5.37. The molecular formula is C13H21N3O2. The molecule has 0 aromatic carbocycles. The number of pyridine rings is 1. The van der Waals surface area contributed by atoms with Crippen LogP contribution in [0, 0.1) is 0 Å². The molecule has 1 saturated heterocycles. The van der Waals surface area contributed by atoms with Crippen molar-refractivity contribution in [2.45, 2.75) is 31.9 Å². The van der Waals surface area contributed by atoms with E-state index in [1.54, 1.807) is 16.8 Å². The Balaban J connectivity index is 1.95. The summed E-state index contributed by atoms with van der Waals surface area (Å²) in [5.74, 6) is 0. The van der Waals surface area contributed by atoms with Gasteiger partial charge in [0.15, 0.2) is 0 Å². The first kappa shape index (κ1) is 13.1. The number of piperidine rings is 1. The van der Waals surface area contributed by atoms with Crippen LogP contribution in [0.2, 0.25) is 0 Å². The van der Waals surface area contributed by atoms with E-state index in [1.807, 2.05) is 6.92 Å². The van der Waals surface area contributed by atoms with Gasteiger partial charge in [-0.3, -0.25) is 9.69 Å². The van der Waals surface area contributed by atoms with Crippen molar-refractivity contribution in [1.29, 1.82) is 0 Å². The molecule has 1 aliphatic rings. The van der Waals surface area contributed by atoms with Crippen molar-refractivity contribution in [2.75, 3.05) is 25.4 Å². The maximum Gasteiger partial charge on any atom is 0.250 e. The lowest BCUT2D eigenvalue weighted by atomic mass is 9.95. The van der Waals surface area contributed by atoms with E-state index < -0.39 is 5.60 Å². The Morgan fingerprint density at radius 2 is 2.22 bits per heavy atom. The molecule has 0 radical (unpaired) electrons. The van der Waals surface area contributed by atoms with Crippen molar-refractivity contribution >= 4 is 5.69 Å². The molecule has 1 unspecified atom stereocenters. The number of aliphatic hydroxyl groups is 1. The monoisotopic (exact) mass is 251 g/mol. The molecule has 0 amide bonds. The molecule has 1 aliphatic heterocycles. The molecular weight excluding hydrogens is 230 g/mol. The van der Waals surface area contributed by atoms with Crippen LogP contribution in [0.5, 0.6) is 0 Å². The van der Waals surface area contributed by atoms with E-state index in [4.69, 9.17) is 5.73 Å². The first-order valence-corrected chi connectivity index (χ1v) is 6.37. The molecule has 1 aromatic heterocycles. The molecule has 0 bridgehead atoms. The third-order valence-corrected chi connectivity index (χ3v) is 3.42. The first-order chi connectivity index (χ1) is 8.46. The molecule has 1 fully saturated rings. The van der Waals surface area contributed by atoms with Gasteiger partial charge in [0.1, 0.15) is 0 Å². The molecule has 2 heterocycles. The summed E-state index contributed by atoms with van der Waals surface area (Å²) in [6.45, 7) is 4.89. The summed E-state index contributed by atoms with van der Waals surface area (Å²) in [6, 6.07) is 3.10. The fourth-order valence-corrected chi connectivity index (χ4v) is 2.49. The fraction of sp³-hybridized carbons (Fsp3) is 0.615. The van der Waals surface area contributed by atoms with Gasteiger partial charge in [0, 0.05) is 37.6 Å². The smallest absolute Gasteiger partial charge is 0.250 e. The van der Waals surface area contributed by atoms with Gasteiger partial charge in [-0.1, -0.05) is 0 Å². The number of hydrogen-bond donors (Lipinski definition) is 2. The van der Waals surface area contributed by atoms with E-state index in [0.29, 0.717) is 18.8 Å². The maximum absolute atomic E-state index is 11.6. The topological polar surface area (TPSA) is 71.5 Å². The van der Waals surface area contributed by atoms with Gasteiger partial charge in [0.25, 0.3) is 5.56 Å². The van der Waals surface area contributed by atoms with Crippen LogP contribution in [0.1, 0.15) is 19.8 Å². The van der Waals surface area contributed by atoms with Crippen molar-refractivity contribution in [1.82, 2.24) is 9.47 Å². The van der Waals surface area contributed by atoms with Crippen LogP contribution in [0.15, 0.2) is 23.1 Å². The largest absolute Gasteiger partial charge is 0.398 e. The minimum Gasteiger partial charge on any atom is -0.398 e. The fourth-order valence-electron chi connectivity index (χ4n) is 2.49. The molecule has 0 aliphatic carbocycles. The zero-order chi connectivity index (χ0) is 13.2. The zero-order valence-corrected chi connectivity index (χ0v) is 10.8. The minimum atomic E-state index is -0.598. The SMILES string of the molecule is CC1(O)CCCN(CCn2cc(N)ccc2=O)C1. The minimum absolute atomic E-state index is 0.0343. The van der Waals surface area contributed by atoms with E-state index >= 15 is 0 Å². The summed E-state index contributed by atoms with van der Waals surface area (Å²) < 4.78 is 1.62. The summed E-state index contributed by atoms with van der Waals surface area (Å²) in [5.41, 5.74) is 5.63. The number of nitrogen functional groups attached to an aromatic ring is 1. The van der Waals surface area contributed by atoms with Crippen molar-refractivity contribution in [3.8, 4) is 0 Å². The van der Waals surface area contributed by atoms with Gasteiger partial charge in [0.05, 0.1) is 5.60 Å². The average molecular weight is 251 g/mol.